The third-order valence-electron chi connectivity index (χ3n) is 3.06. The molecule has 0 heterocycles. The van der Waals surface area contributed by atoms with E-state index in [9.17, 15) is 4.79 Å². The van der Waals surface area contributed by atoms with Gasteiger partial charge in [0.15, 0.2) is 0 Å². The summed E-state index contributed by atoms with van der Waals surface area (Å²) in [5.74, 6) is 0.790. The lowest BCUT2D eigenvalue weighted by Crippen LogP contribution is -2.24. The average molecular weight is 297 g/mol. The second kappa shape index (κ2) is 7.17. The zero-order valence-corrected chi connectivity index (χ0v) is 12.6. The van der Waals surface area contributed by atoms with Crippen molar-refractivity contribution >= 4 is 23.5 Å². The fourth-order valence-electron chi connectivity index (χ4n) is 1.88. The van der Waals surface area contributed by atoms with E-state index in [0.29, 0.717) is 11.4 Å². The topological polar surface area (TPSA) is 76.4 Å². The van der Waals surface area contributed by atoms with E-state index < -0.39 is 0 Å². The third-order valence-corrected chi connectivity index (χ3v) is 3.06. The molecule has 0 bridgehead atoms. The lowest BCUT2D eigenvalue weighted by molar-refractivity contribution is 0.255. The van der Waals surface area contributed by atoms with Crippen molar-refractivity contribution in [3.63, 3.8) is 0 Å². The van der Waals surface area contributed by atoms with E-state index in [2.05, 4.69) is 10.6 Å². The Morgan fingerprint density at radius 1 is 1.18 bits per heavy atom. The number of anilines is 2. The first-order valence-electron chi connectivity index (χ1n) is 6.83. The highest BCUT2D eigenvalue weighted by atomic mass is 16.5. The molecule has 0 saturated carbocycles. The summed E-state index contributed by atoms with van der Waals surface area (Å²) >= 11 is 0. The molecule has 5 nitrogen and oxygen atoms in total. The van der Waals surface area contributed by atoms with Crippen molar-refractivity contribution in [3.8, 4) is 5.75 Å². The van der Waals surface area contributed by atoms with Gasteiger partial charge in [0, 0.05) is 6.20 Å². The molecule has 2 rings (SSSR count). The predicted molar refractivity (Wildman–Crippen MR) is 89.8 cm³/mol. The zero-order valence-electron chi connectivity index (χ0n) is 12.6. The number of benzene rings is 2. The number of amides is 2. The maximum absolute atomic E-state index is 11.8. The highest BCUT2D eigenvalue weighted by Crippen LogP contribution is 2.19. The van der Waals surface area contributed by atoms with Gasteiger partial charge >= 0.3 is 6.03 Å². The van der Waals surface area contributed by atoms with Gasteiger partial charge in [-0.25, -0.2) is 4.79 Å². The van der Waals surface area contributed by atoms with Crippen molar-refractivity contribution in [1.82, 2.24) is 5.32 Å². The molecule has 2 aromatic rings. The standard InChI is InChI=1S/C17H19N3O2/c1-12-3-8-16(15(18)11-12)20-17(21)19-10-9-13-4-6-14(22-2)7-5-13/h3-11H,18H2,1-2H3,(H2,19,20,21)/b10-9+. The van der Waals surface area contributed by atoms with Gasteiger partial charge in [-0.2, -0.15) is 0 Å². The molecule has 0 saturated heterocycles. The number of aryl methyl sites for hydroxylation is 1. The molecule has 5 heteroatoms. The van der Waals surface area contributed by atoms with Crippen molar-refractivity contribution in [2.75, 3.05) is 18.2 Å². The molecule has 0 aliphatic heterocycles. The average Bonchev–Trinajstić information content (AvgIpc) is 2.51. The second-order valence-corrected chi connectivity index (χ2v) is 4.80. The molecule has 22 heavy (non-hydrogen) atoms. The van der Waals surface area contributed by atoms with Crippen molar-refractivity contribution < 1.29 is 9.53 Å². The number of rotatable bonds is 4. The highest BCUT2D eigenvalue weighted by molar-refractivity contribution is 5.93. The SMILES string of the molecule is COc1ccc(/C=C/NC(=O)Nc2ccc(C)cc2N)cc1. The first-order chi connectivity index (χ1) is 10.6. The number of hydrogen-bond donors (Lipinski definition) is 3. The van der Waals surface area contributed by atoms with E-state index >= 15 is 0 Å². The van der Waals surface area contributed by atoms with Crippen LogP contribution in [0.25, 0.3) is 6.08 Å². The van der Waals surface area contributed by atoms with Gasteiger partial charge in [0.2, 0.25) is 0 Å². The van der Waals surface area contributed by atoms with Crippen LogP contribution < -0.4 is 21.1 Å². The molecule has 0 radical (unpaired) electrons. The summed E-state index contributed by atoms with van der Waals surface area (Å²) in [5, 5.41) is 5.33. The van der Waals surface area contributed by atoms with Gasteiger partial charge in [0.25, 0.3) is 0 Å². The van der Waals surface area contributed by atoms with E-state index in [0.717, 1.165) is 16.9 Å². The Hall–Kier alpha value is -2.95. The lowest BCUT2D eigenvalue weighted by Gasteiger charge is -2.08. The number of ether oxygens (including phenoxy) is 1. The van der Waals surface area contributed by atoms with Crippen molar-refractivity contribution in [2.45, 2.75) is 6.92 Å². The van der Waals surface area contributed by atoms with Crippen LogP contribution in [0.5, 0.6) is 5.75 Å². The molecule has 114 valence electrons. The van der Waals surface area contributed by atoms with Gasteiger partial charge in [-0.1, -0.05) is 18.2 Å². The van der Waals surface area contributed by atoms with Crippen LogP contribution >= 0.6 is 0 Å². The van der Waals surface area contributed by atoms with Crippen LogP contribution in [-0.2, 0) is 0 Å². The molecular formula is C17H19N3O2. The Balaban J connectivity index is 1.90. The van der Waals surface area contributed by atoms with Crippen LogP contribution in [0.4, 0.5) is 16.2 Å². The summed E-state index contributed by atoms with van der Waals surface area (Å²) in [4.78, 5) is 11.8. The van der Waals surface area contributed by atoms with E-state index in [-0.39, 0.29) is 6.03 Å². The molecule has 0 aliphatic rings. The summed E-state index contributed by atoms with van der Waals surface area (Å²) in [6.07, 6.45) is 3.36. The fourth-order valence-corrected chi connectivity index (χ4v) is 1.88. The van der Waals surface area contributed by atoms with Crippen molar-refractivity contribution in [2.24, 2.45) is 0 Å². The maximum Gasteiger partial charge on any atom is 0.323 e. The summed E-state index contributed by atoms with van der Waals surface area (Å²) in [5.41, 5.74) is 8.96. The molecule has 0 unspecified atom stereocenters. The normalized spacial score (nSPS) is 10.5. The van der Waals surface area contributed by atoms with Gasteiger partial charge in [0.05, 0.1) is 18.5 Å². The molecule has 0 spiro atoms. The van der Waals surface area contributed by atoms with Crippen molar-refractivity contribution in [1.29, 1.82) is 0 Å². The Labute approximate surface area is 129 Å². The van der Waals surface area contributed by atoms with Crippen molar-refractivity contribution in [3.05, 3.63) is 59.8 Å². The smallest absolute Gasteiger partial charge is 0.323 e. The molecular weight excluding hydrogens is 278 g/mol. The molecule has 0 aromatic heterocycles. The van der Waals surface area contributed by atoms with Crippen LogP contribution in [0, 0.1) is 6.92 Å². The summed E-state index contributed by atoms with van der Waals surface area (Å²) < 4.78 is 5.08. The third kappa shape index (κ3) is 4.28. The van der Waals surface area contributed by atoms with E-state index in [1.54, 1.807) is 25.5 Å². The van der Waals surface area contributed by atoms with Crippen LogP contribution in [0.1, 0.15) is 11.1 Å². The Morgan fingerprint density at radius 3 is 2.55 bits per heavy atom. The van der Waals surface area contributed by atoms with E-state index in [1.165, 1.54) is 0 Å². The molecule has 0 atom stereocenters. The lowest BCUT2D eigenvalue weighted by atomic mass is 10.2. The Morgan fingerprint density at radius 2 is 1.91 bits per heavy atom. The summed E-state index contributed by atoms with van der Waals surface area (Å²) in [7, 11) is 1.62. The van der Waals surface area contributed by atoms with Crippen LogP contribution in [-0.4, -0.2) is 13.1 Å². The van der Waals surface area contributed by atoms with Crippen LogP contribution in [0.3, 0.4) is 0 Å². The number of methoxy groups -OCH3 is 1. The first kappa shape index (κ1) is 15.4. The number of carbonyl (C=O) groups excluding carboxylic acids is 1. The molecule has 2 amide bonds. The minimum Gasteiger partial charge on any atom is -0.497 e. The van der Waals surface area contributed by atoms with Gasteiger partial charge in [-0.15, -0.1) is 0 Å². The second-order valence-electron chi connectivity index (χ2n) is 4.80. The summed E-state index contributed by atoms with van der Waals surface area (Å²) in [6, 6.07) is 12.6. The van der Waals surface area contributed by atoms with Gasteiger partial charge in [-0.3, -0.25) is 0 Å². The number of nitrogens with one attached hydrogen (secondary N) is 2. The highest BCUT2D eigenvalue weighted by Gasteiger charge is 2.03. The Kier molecular flexibility index (Phi) is 5.03. The minimum atomic E-state index is -0.347. The first-order valence-corrected chi connectivity index (χ1v) is 6.83. The van der Waals surface area contributed by atoms with Crippen LogP contribution in [0.15, 0.2) is 48.7 Å². The number of nitrogen functional groups attached to an aromatic ring is 1. The number of carbonyl (C=O) groups is 1. The Bertz CT molecular complexity index is 679. The van der Waals surface area contributed by atoms with Crippen LogP contribution in [0.2, 0.25) is 0 Å². The largest absolute Gasteiger partial charge is 0.497 e. The maximum atomic E-state index is 11.8. The van der Waals surface area contributed by atoms with E-state index in [4.69, 9.17) is 10.5 Å². The number of urea groups is 1. The molecule has 2 aromatic carbocycles. The van der Waals surface area contributed by atoms with E-state index in [1.807, 2.05) is 43.3 Å². The number of nitrogens with two attached hydrogens (primary N) is 1. The molecule has 0 aliphatic carbocycles. The summed E-state index contributed by atoms with van der Waals surface area (Å²) in [6.45, 7) is 1.94. The minimum absolute atomic E-state index is 0.347. The fraction of sp³-hybridized carbons (Fsp3) is 0.118. The zero-order chi connectivity index (χ0) is 15.9. The molecule has 4 N–H and O–H groups in total. The number of hydrogen-bond acceptors (Lipinski definition) is 3. The van der Waals surface area contributed by atoms with Gasteiger partial charge < -0.3 is 21.1 Å². The quantitative estimate of drug-likeness (QED) is 0.757. The molecule has 0 fully saturated rings. The van der Waals surface area contributed by atoms with Gasteiger partial charge in [0.1, 0.15) is 5.75 Å². The predicted octanol–water partition coefficient (Wildman–Crippen LogP) is 3.38. The monoisotopic (exact) mass is 297 g/mol. The van der Waals surface area contributed by atoms with Gasteiger partial charge in [-0.05, 0) is 48.4 Å².